The van der Waals surface area contributed by atoms with Gasteiger partial charge in [0, 0.05) is 21.0 Å². The Balaban J connectivity index is 0.00000180. The van der Waals surface area contributed by atoms with Crippen molar-refractivity contribution in [2.75, 3.05) is 0 Å². The average Bonchev–Trinajstić information content (AvgIpc) is 3.17. The summed E-state index contributed by atoms with van der Waals surface area (Å²) in [6.45, 7) is 2.69. The smallest absolute Gasteiger partial charge is 0.160 e. The van der Waals surface area contributed by atoms with Crippen molar-refractivity contribution in [3.05, 3.63) is 75.4 Å². The lowest BCUT2D eigenvalue weighted by Crippen LogP contribution is -2.06. The molecule has 1 aliphatic rings. The molecule has 6 nitrogen and oxygen atoms in total. The van der Waals surface area contributed by atoms with Gasteiger partial charge in [-0.3, -0.25) is 4.98 Å². The van der Waals surface area contributed by atoms with Gasteiger partial charge in [0.2, 0.25) is 0 Å². The average molecular weight is 491 g/mol. The maximum Gasteiger partial charge on any atom is 0.160 e. The Morgan fingerprint density at radius 1 is 1.15 bits per heavy atom. The third-order valence-corrected chi connectivity index (χ3v) is 5.29. The van der Waals surface area contributed by atoms with Crippen molar-refractivity contribution >= 4 is 35.0 Å². The molecule has 0 N–H and O–H groups in total. The number of pyridine rings is 1. The van der Waals surface area contributed by atoms with Gasteiger partial charge in [0.15, 0.2) is 11.6 Å². The second-order valence-corrected chi connectivity index (χ2v) is 7.56. The molecule has 0 radical (unpaired) electrons. The van der Waals surface area contributed by atoms with Crippen molar-refractivity contribution in [2.45, 2.75) is 19.9 Å². The van der Waals surface area contributed by atoms with E-state index in [2.05, 4.69) is 55.3 Å². The monoisotopic (exact) mass is 490 g/mol. The number of imidazole rings is 1. The molecule has 0 aliphatic carbocycles. The van der Waals surface area contributed by atoms with Crippen LogP contribution in [0.5, 0.6) is 0 Å². The summed E-state index contributed by atoms with van der Waals surface area (Å²) < 4.78 is 5.30. The Labute approximate surface area is 176 Å². The first kappa shape index (κ1) is 18.1. The molecule has 5 rings (SSSR count). The van der Waals surface area contributed by atoms with E-state index in [1.165, 1.54) is 3.57 Å². The Morgan fingerprint density at radius 2 is 2.04 bits per heavy atom. The van der Waals surface area contributed by atoms with E-state index in [4.69, 9.17) is 10.1 Å². The molecule has 1 aliphatic heterocycles. The first-order chi connectivity index (χ1) is 12.7. The van der Waals surface area contributed by atoms with Crippen LogP contribution in [0.3, 0.4) is 0 Å². The number of rotatable bonds is 2. The van der Waals surface area contributed by atoms with E-state index in [-0.39, 0.29) is 12.4 Å². The summed E-state index contributed by atoms with van der Waals surface area (Å²) >= 11 is 2.34. The van der Waals surface area contributed by atoms with Crippen LogP contribution in [0.25, 0.3) is 17.1 Å². The van der Waals surface area contributed by atoms with Crippen LogP contribution in [0.15, 0.2) is 48.9 Å². The van der Waals surface area contributed by atoms with Crippen molar-refractivity contribution in [2.24, 2.45) is 0 Å². The van der Waals surface area contributed by atoms with Gasteiger partial charge in [-0.25, -0.2) is 14.6 Å². The second kappa shape index (κ2) is 7.05. The molecule has 0 amide bonds. The minimum absolute atomic E-state index is 0. The van der Waals surface area contributed by atoms with Crippen LogP contribution in [0, 0.1) is 10.5 Å². The first-order valence-corrected chi connectivity index (χ1v) is 9.43. The zero-order valence-corrected chi connectivity index (χ0v) is 17.5. The summed E-state index contributed by atoms with van der Waals surface area (Å²) in [6, 6.07) is 12.3. The van der Waals surface area contributed by atoms with Gasteiger partial charge in [-0.2, -0.15) is 5.10 Å². The largest absolute Gasteiger partial charge is 0.300 e. The molecule has 27 heavy (non-hydrogen) atoms. The standard InChI is InChI=1S/C19H15IN6.ClH/c1-12-17-10-26-19(23-18(24-26)9-14-4-2-3-7-21-14)15-8-13(20)5-6-16(15)25(17)11-22-12;/h2-8,11H,9-10H2,1H3;1H. The van der Waals surface area contributed by atoms with Crippen LogP contribution in [0.2, 0.25) is 0 Å². The highest BCUT2D eigenvalue weighted by Gasteiger charge is 2.24. The second-order valence-electron chi connectivity index (χ2n) is 6.32. The van der Waals surface area contributed by atoms with E-state index in [1.54, 1.807) is 6.20 Å². The van der Waals surface area contributed by atoms with Gasteiger partial charge in [-0.05, 0) is 59.8 Å². The molecule has 0 fully saturated rings. The SMILES string of the molecule is Cc1ncn2c1Cn1nc(Cc3ccccn3)nc1-c1cc(I)ccc1-2.Cl. The molecule has 0 atom stereocenters. The van der Waals surface area contributed by atoms with E-state index < -0.39 is 0 Å². The zero-order valence-electron chi connectivity index (χ0n) is 14.5. The van der Waals surface area contributed by atoms with Crippen LogP contribution >= 0.6 is 35.0 Å². The maximum atomic E-state index is 4.86. The molecule has 8 heteroatoms. The Bertz CT molecular complexity index is 1120. The van der Waals surface area contributed by atoms with Gasteiger partial charge < -0.3 is 4.57 Å². The number of aryl methyl sites for hydroxylation is 1. The third kappa shape index (κ3) is 3.14. The summed E-state index contributed by atoms with van der Waals surface area (Å²) in [5, 5.41) is 4.78. The molecule has 1 aromatic carbocycles. The molecule has 0 unspecified atom stereocenters. The fourth-order valence-corrected chi connectivity index (χ4v) is 3.83. The predicted octanol–water partition coefficient (Wildman–Crippen LogP) is 3.81. The fourth-order valence-electron chi connectivity index (χ4n) is 3.34. The van der Waals surface area contributed by atoms with E-state index in [9.17, 15) is 0 Å². The Morgan fingerprint density at radius 3 is 2.85 bits per heavy atom. The van der Waals surface area contributed by atoms with E-state index in [1.807, 2.05) is 36.1 Å². The highest BCUT2D eigenvalue weighted by atomic mass is 127. The molecule has 0 spiro atoms. The van der Waals surface area contributed by atoms with Gasteiger partial charge in [0.1, 0.15) is 0 Å². The number of hydrogen-bond acceptors (Lipinski definition) is 4. The van der Waals surface area contributed by atoms with Crippen molar-refractivity contribution in [3.8, 4) is 17.1 Å². The quantitative estimate of drug-likeness (QED) is 0.353. The molecule has 3 aromatic heterocycles. The predicted molar refractivity (Wildman–Crippen MR) is 113 cm³/mol. The number of fused-ring (bicyclic) bond motifs is 5. The molecular formula is C19H16ClIN6. The van der Waals surface area contributed by atoms with Crippen LogP contribution in [-0.2, 0) is 13.0 Å². The minimum atomic E-state index is 0. The van der Waals surface area contributed by atoms with Gasteiger partial charge in [0.05, 0.1) is 36.4 Å². The van der Waals surface area contributed by atoms with Crippen molar-refractivity contribution in [1.29, 1.82) is 0 Å². The number of benzene rings is 1. The fraction of sp³-hybridized carbons (Fsp3) is 0.158. The lowest BCUT2D eigenvalue weighted by atomic mass is 10.1. The molecule has 0 saturated carbocycles. The third-order valence-electron chi connectivity index (χ3n) is 4.61. The van der Waals surface area contributed by atoms with Crippen LogP contribution in [0.4, 0.5) is 0 Å². The van der Waals surface area contributed by atoms with Gasteiger partial charge in [-0.15, -0.1) is 12.4 Å². The Kier molecular flexibility index (Phi) is 4.73. The number of nitrogens with zero attached hydrogens (tertiary/aromatic N) is 6. The van der Waals surface area contributed by atoms with E-state index in [0.717, 1.165) is 40.0 Å². The van der Waals surface area contributed by atoms with Crippen molar-refractivity contribution in [3.63, 3.8) is 0 Å². The Hall–Kier alpha value is -2.26. The minimum Gasteiger partial charge on any atom is -0.300 e. The summed E-state index contributed by atoms with van der Waals surface area (Å²) in [5.74, 6) is 1.68. The molecule has 4 aromatic rings. The highest BCUT2D eigenvalue weighted by Crippen LogP contribution is 2.32. The number of halogens is 2. The maximum absolute atomic E-state index is 4.86. The molecular weight excluding hydrogens is 475 g/mol. The first-order valence-electron chi connectivity index (χ1n) is 8.36. The van der Waals surface area contributed by atoms with Gasteiger partial charge in [-0.1, -0.05) is 6.07 Å². The normalized spacial score (nSPS) is 11.8. The zero-order chi connectivity index (χ0) is 17.7. The van der Waals surface area contributed by atoms with Gasteiger partial charge in [0.25, 0.3) is 0 Å². The lowest BCUT2D eigenvalue weighted by Gasteiger charge is -2.08. The summed E-state index contributed by atoms with van der Waals surface area (Å²) in [7, 11) is 0. The van der Waals surface area contributed by atoms with Crippen LogP contribution in [0.1, 0.15) is 22.9 Å². The molecule has 136 valence electrons. The number of hydrogen-bond donors (Lipinski definition) is 0. The van der Waals surface area contributed by atoms with Crippen LogP contribution < -0.4 is 0 Å². The van der Waals surface area contributed by atoms with E-state index >= 15 is 0 Å². The molecule has 4 heterocycles. The summed E-state index contributed by atoms with van der Waals surface area (Å²) in [6.07, 6.45) is 4.31. The van der Waals surface area contributed by atoms with Crippen LogP contribution in [-0.4, -0.2) is 29.3 Å². The van der Waals surface area contributed by atoms with E-state index in [0.29, 0.717) is 13.0 Å². The number of aromatic nitrogens is 6. The summed E-state index contributed by atoms with van der Waals surface area (Å²) in [4.78, 5) is 13.7. The lowest BCUT2D eigenvalue weighted by molar-refractivity contribution is 0.663. The molecule has 0 saturated heterocycles. The molecule has 0 bridgehead atoms. The van der Waals surface area contributed by atoms with Gasteiger partial charge >= 0.3 is 0 Å². The topological polar surface area (TPSA) is 61.4 Å². The highest BCUT2D eigenvalue weighted by molar-refractivity contribution is 14.1. The van der Waals surface area contributed by atoms with Crippen molar-refractivity contribution < 1.29 is 0 Å². The van der Waals surface area contributed by atoms with Crippen molar-refractivity contribution in [1.82, 2.24) is 29.3 Å². The summed E-state index contributed by atoms with van der Waals surface area (Å²) in [5.41, 5.74) is 5.30.